The molecule has 0 atom stereocenters. The summed E-state index contributed by atoms with van der Waals surface area (Å²) in [6.07, 6.45) is 8.27. The number of ether oxygens (including phenoxy) is 2. The number of pyridine rings is 1. The summed E-state index contributed by atoms with van der Waals surface area (Å²) in [6, 6.07) is 0. The molecule has 8 nitrogen and oxygen atoms in total. The Morgan fingerprint density at radius 3 is 2.87 bits per heavy atom. The van der Waals surface area contributed by atoms with E-state index in [1.54, 1.807) is 47.2 Å². The van der Waals surface area contributed by atoms with Crippen LogP contribution in [0.2, 0.25) is 0 Å². The molecule has 0 amide bonds. The highest BCUT2D eigenvalue weighted by atomic mass is 32.1. The Kier molecular flexibility index (Phi) is 3.08. The van der Waals surface area contributed by atoms with Crippen molar-refractivity contribution in [2.45, 2.75) is 5.16 Å². The lowest BCUT2D eigenvalue weighted by Crippen LogP contribution is -1.96. The molecule has 0 radical (unpaired) electrons. The smallest absolute Gasteiger partial charge is 0.190 e. The number of fused-ring (bicyclic) bond motifs is 2. The summed E-state index contributed by atoms with van der Waals surface area (Å²) in [7, 11) is 3.41. The molecule has 0 aromatic carbocycles. The van der Waals surface area contributed by atoms with E-state index in [1.807, 2.05) is 7.05 Å². The van der Waals surface area contributed by atoms with Gasteiger partial charge in [0.2, 0.25) is 0 Å². The van der Waals surface area contributed by atoms with Gasteiger partial charge in [-0.3, -0.25) is 4.98 Å². The van der Waals surface area contributed by atoms with Crippen LogP contribution < -0.4 is 9.47 Å². The van der Waals surface area contributed by atoms with Gasteiger partial charge in [0.05, 0.1) is 25.7 Å². The molecular weight excluding hydrogens is 316 g/mol. The van der Waals surface area contributed by atoms with Gasteiger partial charge in [0.25, 0.3) is 0 Å². The van der Waals surface area contributed by atoms with Gasteiger partial charge in [0.1, 0.15) is 11.0 Å². The zero-order chi connectivity index (χ0) is 16.0. The standard InChI is InChI=1S/C14H12N6O2S/c1-19-11-12(21-2)10(6-16-13(11)18-14(19)23)22-9-7-17-20-4-3-15-5-8(9)20/h3-7H,1-2H3,(H,16,18,23). The van der Waals surface area contributed by atoms with E-state index < -0.39 is 0 Å². The van der Waals surface area contributed by atoms with Crippen molar-refractivity contribution in [3.05, 3.63) is 31.0 Å². The number of imidazole rings is 1. The van der Waals surface area contributed by atoms with Crippen molar-refractivity contribution >= 4 is 29.3 Å². The number of hydrogen-bond donors (Lipinski definition) is 1. The summed E-state index contributed by atoms with van der Waals surface area (Å²) in [4.78, 5) is 12.7. The molecule has 0 spiro atoms. The molecule has 4 aromatic rings. The second kappa shape index (κ2) is 5.13. The van der Waals surface area contributed by atoms with Crippen LogP contribution >= 0.6 is 12.6 Å². The Morgan fingerprint density at radius 2 is 2.04 bits per heavy atom. The molecule has 4 rings (SSSR count). The van der Waals surface area contributed by atoms with Gasteiger partial charge in [0.15, 0.2) is 28.1 Å². The Balaban J connectivity index is 1.87. The third-order valence-corrected chi connectivity index (χ3v) is 3.91. The quantitative estimate of drug-likeness (QED) is 0.580. The van der Waals surface area contributed by atoms with Crippen LogP contribution in [0.25, 0.3) is 16.7 Å². The minimum absolute atomic E-state index is 0.468. The van der Waals surface area contributed by atoms with Crippen LogP contribution in [-0.4, -0.2) is 36.2 Å². The van der Waals surface area contributed by atoms with Gasteiger partial charge >= 0.3 is 0 Å². The Labute approximate surface area is 136 Å². The topological polar surface area (TPSA) is 79.4 Å². The number of methoxy groups -OCH3 is 1. The first-order valence-corrected chi connectivity index (χ1v) is 7.17. The Morgan fingerprint density at radius 1 is 1.17 bits per heavy atom. The minimum Gasteiger partial charge on any atom is -0.491 e. The molecule has 0 unspecified atom stereocenters. The largest absolute Gasteiger partial charge is 0.491 e. The lowest BCUT2D eigenvalue weighted by molar-refractivity contribution is 0.381. The molecule has 0 fully saturated rings. The highest BCUT2D eigenvalue weighted by molar-refractivity contribution is 7.80. The van der Waals surface area contributed by atoms with Crippen molar-refractivity contribution in [2.75, 3.05) is 7.11 Å². The van der Waals surface area contributed by atoms with Crippen LogP contribution in [0.5, 0.6) is 17.2 Å². The molecule has 0 aliphatic heterocycles. The molecule has 0 aliphatic carbocycles. The number of aromatic nitrogens is 6. The van der Waals surface area contributed by atoms with E-state index in [0.29, 0.717) is 33.6 Å². The van der Waals surface area contributed by atoms with E-state index in [2.05, 4.69) is 32.7 Å². The van der Waals surface area contributed by atoms with Crippen molar-refractivity contribution < 1.29 is 9.47 Å². The predicted molar refractivity (Wildman–Crippen MR) is 85.4 cm³/mol. The maximum absolute atomic E-state index is 5.95. The van der Waals surface area contributed by atoms with Crippen LogP contribution in [0, 0.1) is 0 Å². The molecule has 0 saturated heterocycles. The van der Waals surface area contributed by atoms with Crippen LogP contribution in [-0.2, 0) is 7.05 Å². The number of hydrogen-bond acceptors (Lipinski definition) is 7. The maximum atomic E-state index is 5.95. The third kappa shape index (κ3) is 2.08. The molecule has 4 heterocycles. The first kappa shape index (κ1) is 13.8. The molecule has 116 valence electrons. The van der Waals surface area contributed by atoms with Crippen LogP contribution in [0.15, 0.2) is 36.1 Å². The summed E-state index contributed by atoms with van der Waals surface area (Å²) in [5.41, 5.74) is 2.00. The molecule has 23 heavy (non-hydrogen) atoms. The average molecular weight is 328 g/mol. The maximum Gasteiger partial charge on any atom is 0.190 e. The van der Waals surface area contributed by atoms with Gasteiger partial charge in [-0.15, -0.1) is 12.6 Å². The van der Waals surface area contributed by atoms with E-state index in [-0.39, 0.29) is 0 Å². The number of nitrogens with zero attached hydrogens (tertiary/aromatic N) is 6. The summed E-state index contributed by atoms with van der Waals surface area (Å²) in [6.45, 7) is 0. The molecular formula is C14H12N6O2S. The van der Waals surface area contributed by atoms with Crippen molar-refractivity contribution in [1.82, 2.24) is 29.1 Å². The predicted octanol–water partition coefficient (Wildman–Crippen LogP) is 2.10. The molecule has 0 saturated carbocycles. The second-order valence-corrected chi connectivity index (χ2v) is 5.22. The van der Waals surface area contributed by atoms with Gasteiger partial charge < -0.3 is 14.0 Å². The van der Waals surface area contributed by atoms with Crippen molar-refractivity contribution in [1.29, 1.82) is 0 Å². The van der Waals surface area contributed by atoms with Gasteiger partial charge in [-0.05, 0) is 0 Å². The van der Waals surface area contributed by atoms with Crippen LogP contribution in [0.1, 0.15) is 0 Å². The minimum atomic E-state index is 0.468. The lowest BCUT2D eigenvalue weighted by atomic mass is 10.3. The third-order valence-electron chi connectivity index (χ3n) is 3.51. The Bertz CT molecular complexity index is 1020. The monoisotopic (exact) mass is 328 g/mol. The second-order valence-electron chi connectivity index (χ2n) is 4.82. The van der Waals surface area contributed by atoms with Crippen LogP contribution in [0.3, 0.4) is 0 Å². The normalized spacial score (nSPS) is 11.3. The summed E-state index contributed by atoms with van der Waals surface area (Å²) in [5, 5.41) is 4.76. The van der Waals surface area contributed by atoms with E-state index in [4.69, 9.17) is 9.47 Å². The number of aryl methyl sites for hydroxylation is 1. The van der Waals surface area contributed by atoms with Gasteiger partial charge in [-0.1, -0.05) is 0 Å². The van der Waals surface area contributed by atoms with Crippen molar-refractivity contribution in [2.24, 2.45) is 7.05 Å². The SMILES string of the molecule is COc1c(Oc2cnn3ccncc23)cnc2nc(S)n(C)c12. The zero-order valence-corrected chi connectivity index (χ0v) is 13.2. The fraction of sp³-hybridized carbons (Fsp3) is 0.143. The van der Waals surface area contributed by atoms with E-state index in [0.717, 1.165) is 5.52 Å². The number of thiol groups is 1. The molecule has 9 heteroatoms. The highest BCUT2D eigenvalue weighted by Gasteiger charge is 2.18. The van der Waals surface area contributed by atoms with E-state index >= 15 is 0 Å². The first-order chi connectivity index (χ1) is 11.2. The van der Waals surface area contributed by atoms with Crippen molar-refractivity contribution in [3.63, 3.8) is 0 Å². The average Bonchev–Trinajstić information content (AvgIpc) is 3.10. The fourth-order valence-corrected chi connectivity index (χ4v) is 2.59. The molecule has 0 aliphatic rings. The highest BCUT2D eigenvalue weighted by Crippen LogP contribution is 2.38. The first-order valence-electron chi connectivity index (χ1n) is 6.72. The van der Waals surface area contributed by atoms with E-state index in [1.165, 1.54) is 0 Å². The zero-order valence-electron chi connectivity index (χ0n) is 12.3. The molecule has 4 aromatic heterocycles. The van der Waals surface area contributed by atoms with Gasteiger partial charge in [-0.25, -0.2) is 14.5 Å². The van der Waals surface area contributed by atoms with Crippen LogP contribution in [0.4, 0.5) is 0 Å². The van der Waals surface area contributed by atoms with E-state index in [9.17, 15) is 0 Å². The molecule has 0 bridgehead atoms. The summed E-state index contributed by atoms with van der Waals surface area (Å²) in [5.74, 6) is 1.56. The van der Waals surface area contributed by atoms with Gasteiger partial charge in [-0.2, -0.15) is 5.10 Å². The number of rotatable bonds is 3. The lowest BCUT2D eigenvalue weighted by Gasteiger charge is -2.10. The van der Waals surface area contributed by atoms with Gasteiger partial charge in [0, 0.05) is 19.4 Å². The van der Waals surface area contributed by atoms with Crippen molar-refractivity contribution in [3.8, 4) is 17.2 Å². The Hall–Kier alpha value is -2.81. The summed E-state index contributed by atoms with van der Waals surface area (Å²) < 4.78 is 14.9. The summed E-state index contributed by atoms with van der Waals surface area (Å²) >= 11 is 4.31. The molecule has 0 N–H and O–H groups in total. The fourth-order valence-electron chi connectivity index (χ4n) is 2.39.